The Morgan fingerprint density at radius 1 is 1.03 bits per heavy atom. The van der Waals surface area contributed by atoms with Crippen LogP contribution in [-0.4, -0.2) is 35.0 Å². The Bertz CT molecular complexity index is 1380. The Morgan fingerprint density at radius 3 is 2.46 bits per heavy atom. The lowest BCUT2D eigenvalue weighted by Gasteiger charge is -2.09. The van der Waals surface area contributed by atoms with Gasteiger partial charge in [0.25, 0.3) is 5.91 Å². The molecule has 0 spiro atoms. The second-order valence-electron chi connectivity index (χ2n) is 7.73. The number of hydrogen-bond donors (Lipinski definition) is 1. The summed E-state index contributed by atoms with van der Waals surface area (Å²) in [5.74, 6) is -0.543. The maximum Gasteiger partial charge on any atom is 0.308 e. The zero-order valence-electron chi connectivity index (χ0n) is 19.6. The minimum Gasteiger partial charge on any atom is -0.497 e. The summed E-state index contributed by atoms with van der Waals surface area (Å²) in [5.41, 5.74) is 7.04. The number of amides is 1. The standard InChI is InChI=1S/C27H24N4O4/c1-18-9-11-20(12-10-18)26-21(17-31(30-26)22-7-5-4-6-8-22)16-28-29-27(33)24-14-13-23(34-3)15-25(24)35-19(2)32/h4-17H,1-3H3,(H,29,33)/b28-16-. The SMILES string of the molecule is COc1ccc(C(=O)N/N=C\c2cn(-c3ccccc3)nc2-c2ccc(C)cc2)c(OC(C)=O)c1. The molecule has 3 aromatic carbocycles. The number of carbonyl (C=O) groups excluding carboxylic acids is 2. The van der Waals surface area contributed by atoms with Crippen LogP contribution in [0.3, 0.4) is 0 Å². The van der Waals surface area contributed by atoms with E-state index in [2.05, 4.69) is 10.5 Å². The maximum atomic E-state index is 12.8. The molecule has 1 aromatic heterocycles. The van der Waals surface area contributed by atoms with E-state index in [0.717, 1.165) is 22.5 Å². The van der Waals surface area contributed by atoms with Crippen LogP contribution in [0.1, 0.15) is 28.4 Å². The largest absolute Gasteiger partial charge is 0.497 e. The number of hydrogen-bond acceptors (Lipinski definition) is 6. The van der Waals surface area contributed by atoms with Crippen LogP contribution in [0.4, 0.5) is 0 Å². The first-order chi connectivity index (χ1) is 16.9. The van der Waals surface area contributed by atoms with Gasteiger partial charge in [-0.1, -0.05) is 48.0 Å². The van der Waals surface area contributed by atoms with Gasteiger partial charge in [0.1, 0.15) is 17.2 Å². The highest BCUT2D eigenvalue weighted by atomic mass is 16.5. The van der Waals surface area contributed by atoms with Crippen molar-refractivity contribution >= 4 is 18.1 Å². The first-order valence-electron chi connectivity index (χ1n) is 10.9. The number of benzene rings is 3. The van der Waals surface area contributed by atoms with Crippen LogP contribution in [-0.2, 0) is 4.79 Å². The fraction of sp³-hybridized carbons (Fsp3) is 0.111. The van der Waals surface area contributed by atoms with Crippen LogP contribution < -0.4 is 14.9 Å². The fourth-order valence-electron chi connectivity index (χ4n) is 3.41. The van der Waals surface area contributed by atoms with E-state index < -0.39 is 11.9 Å². The molecule has 176 valence electrons. The first-order valence-corrected chi connectivity index (χ1v) is 10.9. The van der Waals surface area contributed by atoms with Gasteiger partial charge in [-0.2, -0.15) is 10.2 Å². The van der Waals surface area contributed by atoms with Crippen molar-refractivity contribution in [3.8, 4) is 28.4 Å². The zero-order valence-corrected chi connectivity index (χ0v) is 19.6. The molecule has 8 heteroatoms. The average molecular weight is 469 g/mol. The van der Waals surface area contributed by atoms with Crippen LogP contribution in [0.2, 0.25) is 0 Å². The zero-order chi connectivity index (χ0) is 24.8. The minimum atomic E-state index is -0.549. The Kier molecular flexibility index (Phi) is 7.02. The number of methoxy groups -OCH3 is 1. The van der Waals surface area contributed by atoms with E-state index in [4.69, 9.17) is 14.6 Å². The molecule has 1 heterocycles. The van der Waals surface area contributed by atoms with Crippen LogP contribution in [0, 0.1) is 6.92 Å². The van der Waals surface area contributed by atoms with Gasteiger partial charge in [0.15, 0.2) is 0 Å². The van der Waals surface area contributed by atoms with Gasteiger partial charge in [-0.25, -0.2) is 10.1 Å². The number of para-hydroxylation sites is 1. The fourth-order valence-corrected chi connectivity index (χ4v) is 3.41. The maximum absolute atomic E-state index is 12.8. The molecule has 0 unspecified atom stereocenters. The smallest absolute Gasteiger partial charge is 0.308 e. The van der Waals surface area contributed by atoms with Crippen molar-refractivity contribution in [3.63, 3.8) is 0 Å². The molecule has 0 fully saturated rings. The van der Waals surface area contributed by atoms with E-state index in [0.29, 0.717) is 11.3 Å². The Morgan fingerprint density at radius 2 is 1.77 bits per heavy atom. The van der Waals surface area contributed by atoms with Crippen LogP contribution in [0.15, 0.2) is 84.1 Å². The normalized spacial score (nSPS) is 10.8. The van der Waals surface area contributed by atoms with E-state index >= 15 is 0 Å². The van der Waals surface area contributed by atoms with E-state index in [1.807, 2.05) is 67.7 Å². The summed E-state index contributed by atoms with van der Waals surface area (Å²) in [6.07, 6.45) is 3.38. The van der Waals surface area contributed by atoms with Gasteiger partial charge in [0.2, 0.25) is 0 Å². The third-order valence-electron chi connectivity index (χ3n) is 5.15. The van der Waals surface area contributed by atoms with Gasteiger partial charge >= 0.3 is 5.97 Å². The van der Waals surface area contributed by atoms with Crippen molar-refractivity contribution in [2.45, 2.75) is 13.8 Å². The molecule has 0 radical (unpaired) electrons. The highest BCUT2D eigenvalue weighted by Gasteiger charge is 2.16. The molecule has 35 heavy (non-hydrogen) atoms. The summed E-state index contributed by atoms with van der Waals surface area (Å²) >= 11 is 0. The first kappa shape index (κ1) is 23.4. The number of rotatable bonds is 7. The lowest BCUT2D eigenvalue weighted by molar-refractivity contribution is -0.131. The molecule has 0 aliphatic carbocycles. The Balaban J connectivity index is 1.62. The number of nitrogens with one attached hydrogen (secondary N) is 1. The molecule has 0 saturated heterocycles. The van der Waals surface area contributed by atoms with Gasteiger partial charge in [-0.15, -0.1) is 0 Å². The van der Waals surface area contributed by atoms with E-state index in [1.165, 1.54) is 32.4 Å². The summed E-state index contributed by atoms with van der Waals surface area (Å²) in [4.78, 5) is 24.2. The molecule has 1 N–H and O–H groups in total. The number of carbonyl (C=O) groups is 2. The lowest BCUT2D eigenvalue weighted by atomic mass is 10.1. The summed E-state index contributed by atoms with van der Waals surface area (Å²) in [7, 11) is 1.48. The van der Waals surface area contributed by atoms with Crippen molar-refractivity contribution in [1.29, 1.82) is 0 Å². The summed E-state index contributed by atoms with van der Waals surface area (Å²) < 4.78 is 12.1. The third kappa shape index (κ3) is 5.62. The molecule has 0 aliphatic heterocycles. The Hall–Kier alpha value is -4.72. The van der Waals surface area contributed by atoms with Gasteiger partial charge in [-0.05, 0) is 31.2 Å². The molecular weight excluding hydrogens is 444 g/mol. The topological polar surface area (TPSA) is 94.8 Å². The van der Waals surface area contributed by atoms with E-state index in [-0.39, 0.29) is 11.3 Å². The Labute approximate surface area is 202 Å². The van der Waals surface area contributed by atoms with Crippen molar-refractivity contribution in [3.05, 3.63) is 95.7 Å². The van der Waals surface area contributed by atoms with E-state index in [1.54, 1.807) is 10.7 Å². The van der Waals surface area contributed by atoms with Crippen LogP contribution in [0.25, 0.3) is 16.9 Å². The number of ether oxygens (including phenoxy) is 2. The van der Waals surface area contributed by atoms with Gasteiger partial charge in [0, 0.05) is 30.3 Å². The van der Waals surface area contributed by atoms with Crippen molar-refractivity contribution < 1.29 is 19.1 Å². The lowest BCUT2D eigenvalue weighted by Crippen LogP contribution is -2.19. The summed E-state index contributed by atoms with van der Waals surface area (Å²) in [6.45, 7) is 3.28. The van der Waals surface area contributed by atoms with Crippen molar-refractivity contribution in [2.24, 2.45) is 5.10 Å². The number of nitrogens with zero attached hydrogens (tertiary/aromatic N) is 3. The third-order valence-corrected chi connectivity index (χ3v) is 5.15. The van der Waals surface area contributed by atoms with Crippen molar-refractivity contribution in [1.82, 2.24) is 15.2 Å². The highest BCUT2D eigenvalue weighted by molar-refractivity contribution is 5.98. The molecule has 1 amide bonds. The molecule has 0 saturated carbocycles. The average Bonchev–Trinajstić information content (AvgIpc) is 3.28. The number of aromatic nitrogens is 2. The van der Waals surface area contributed by atoms with E-state index in [9.17, 15) is 9.59 Å². The molecule has 4 aromatic rings. The molecule has 0 aliphatic rings. The van der Waals surface area contributed by atoms with Crippen LogP contribution in [0.5, 0.6) is 11.5 Å². The van der Waals surface area contributed by atoms with Gasteiger partial charge in [-0.3, -0.25) is 9.59 Å². The molecule has 0 bridgehead atoms. The molecule has 0 atom stereocenters. The second-order valence-corrected chi connectivity index (χ2v) is 7.73. The second kappa shape index (κ2) is 10.5. The number of esters is 1. The van der Waals surface area contributed by atoms with Crippen LogP contribution >= 0.6 is 0 Å². The molecular formula is C27H24N4O4. The minimum absolute atomic E-state index is 0.0850. The quantitative estimate of drug-likeness (QED) is 0.186. The predicted molar refractivity (Wildman–Crippen MR) is 133 cm³/mol. The van der Waals surface area contributed by atoms with Crippen molar-refractivity contribution in [2.75, 3.05) is 7.11 Å². The molecule has 8 nitrogen and oxygen atoms in total. The number of hydrazone groups is 1. The van der Waals surface area contributed by atoms with Gasteiger partial charge < -0.3 is 9.47 Å². The predicted octanol–water partition coefficient (Wildman–Crippen LogP) is 4.55. The number of aryl methyl sites for hydroxylation is 1. The molecule has 4 rings (SSSR count). The monoisotopic (exact) mass is 468 g/mol. The summed E-state index contributed by atoms with van der Waals surface area (Å²) in [5, 5.41) is 8.89. The summed E-state index contributed by atoms with van der Waals surface area (Å²) in [6, 6.07) is 22.3. The van der Waals surface area contributed by atoms with Gasteiger partial charge in [0.05, 0.1) is 24.6 Å². The highest BCUT2D eigenvalue weighted by Crippen LogP contribution is 2.26.